The fourth-order valence-corrected chi connectivity index (χ4v) is 2.01. The summed E-state index contributed by atoms with van der Waals surface area (Å²) < 4.78 is 2.01. The summed E-state index contributed by atoms with van der Waals surface area (Å²) in [5, 5.41) is 7.82. The number of aryl methyl sites for hydroxylation is 1. The molecule has 0 aromatic carbocycles. The predicted octanol–water partition coefficient (Wildman–Crippen LogP) is 2.00. The lowest BCUT2D eigenvalue weighted by molar-refractivity contribution is 0.554. The van der Waals surface area contributed by atoms with Crippen LogP contribution in [0.2, 0.25) is 0 Å². The van der Waals surface area contributed by atoms with Crippen LogP contribution in [0.25, 0.3) is 0 Å². The molecule has 15 heavy (non-hydrogen) atoms. The SMILES string of the molecule is CCn1cc(C2CC2CNC(C)C)cn1. The molecule has 3 nitrogen and oxygen atoms in total. The molecule has 1 heterocycles. The highest BCUT2D eigenvalue weighted by Crippen LogP contribution is 2.46. The molecule has 2 unspecified atom stereocenters. The van der Waals surface area contributed by atoms with Crippen molar-refractivity contribution >= 4 is 0 Å². The summed E-state index contributed by atoms with van der Waals surface area (Å²) in [4.78, 5) is 0. The molecular weight excluding hydrogens is 186 g/mol. The van der Waals surface area contributed by atoms with Gasteiger partial charge in [0.1, 0.15) is 0 Å². The first kappa shape index (κ1) is 10.7. The molecule has 2 atom stereocenters. The highest BCUT2D eigenvalue weighted by atomic mass is 15.3. The van der Waals surface area contributed by atoms with Gasteiger partial charge in [0.2, 0.25) is 0 Å². The predicted molar refractivity (Wildman–Crippen MR) is 61.9 cm³/mol. The molecule has 1 aromatic rings. The van der Waals surface area contributed by atoms with E-state index in [0.29, 0.717) is 6.04 Å². The summed E-state index contributed by atoms with van der Waals surface area (Å²) in [6.07, 6.45) is 5.55. The van der Waals surface area contributed by atoms with E-state index in [-0.39, 0.29) is 0 Å². The highest BCUT2D eigenvalue weighted by Gasteiger charge is 2.38. The van der Waals surface area contributed by atoms with Crippen LogP contribution in [0.4, 0.5) is 0 Å². The van der Waals surface area contributed by atoms with E-state index in [0.717, 1.165) is 24.9 Å². The van der Waals surface area contributed by atoms with Crippen molar-refractivity contribution in [3.05, 3.63) is 18.0 Å². The van der Waals surface area contributed by atoms with Crippen molar-refractivity contribution in [2.24, 2.45) is 5.92 Å². The molecule has 0 saturated heterocycles. The minimum atomic E-state index is 0.601. The lowest BCUT2D eigenvalue weighted by Gasteiger charge is -2.06. The van der Waals surface area contributed by atoms with Gasteiger partial charge in [-0.1, -0.05) is 13.8 Å². The minimum absolute atomic E-state index is 0.601. The van der Waals surface area contributed by atoms with E-state index >= 15 is 0 Å². The van der Waals surface area contributed by atoms with Gasteiger partial charge in [-0.2, -0.15) is 5.10 Å². The average molecular weight is 207 g/mol. The molecule has 1 aliphatic rings. The molecular formula is C12H21N3. The highest BCUT2D eigenvalue weighted by molar-refractivity contribution is 5.20. The average Bonchev–Trinajstić information content (AvgIpc) is 2.83. The maximum absolute atomic E-state index is 4.32. The third kappa shape index (κ3) is 2.59. The summed E-state index contributed by atoms with van der Waals surface area (Å²) in [7, 11) is 0. The van der Waals surface area contributed by atoms with Gasteiger partial charge in [0, 0.05) is 18.8 Å². The van der Waals surface area contributed by atoms with Gasteiger partial charge < -0.3 is 5.32 Å². The van der Waals surface area contributed by atoms with Gasteiger partial charge in [-0.05, 0) is 37.3 Å². The number of nitrogens with one attached hydrogen (secondary N) is 1. The maximum atomic E-state index is 4.32. The molecule has 0 radical (unpaired) electrons. The molecule has 1 saturated carbocycles. The molecule has 84 valence electrons. The van der Waals surface area contributed by atoms with E-state index in [9.17, 15) is 0 Å². The standard InChI is InChI=1S/C12H21N3/c1-4-15-8-11(7-14-15)12-5-10(12)6-13-9(2)3/h7-10,12-13H,4-6H2,1-3H3. The van der Waals surface area contributed by atoms with E-state index in [1.54, 1.807) is 0 Å². The third-order valence-corrected chi connectivity index (χ3v) is 3.12. The zero-order chi connectivity index (χ0) is 10.8. The van der Waals surface area contributed by atoms with E-state index < -0.39 is 0 Å². The van der Waals surface area contributed by atoms with Gasteiger partial charge in [0.05, 0.1) is 6.20 Å². The Labute approximate surface area is 91.9 Å². The molecule has 1 N–H and O–H groups in total. The van der Waals surface area contributed by atoms with Gasteiger partial charge in [-0.3, -0.25) is 4.68 Å². The quantitative estimate of drug-likeness (QED) is 0.800. The monoisotopic (exact) mass is 207 g/mol. The molecule has 1 aliphatic carbocycles. The Morgan fingerprint density at radius 1 is 1.60 bits per heavy atom. The van der Waals surface area contributed by atoms with Crippen molar-refractivity contribution in [3.63, 3.8) is 0 Å². The number of hydrogen-bond acceptors (Lipinski definition) is 2. The van der Waals surface area contributed by atoms with Gasteiger partial charge in [-0.15, -0.1) is 0 Å². The zero-order valence-corrected chi connectivity index (χ0v) is 9.90. The van der Waals surface area contributed by atoms with E-state index in [4.69, 9.17) is 0 Å². The van der Waals surface area contributed by atoms with E-state index in [1.165, 1.54) is 12.0 Å². The van der Waals surface area contributed by atoms with Gasteiger partial charge in [-0.25, -0.2) is 0 Å². The van der Waals surface area contributed by atoms with Gasteiger partial charge >= 0.3 is 0 Å². The lowest BCUT2D eigenvalue weighted by atomic mass is 10.2. The minimum Gasteiger partial charge on any atom is -0.314 e. The Balaban J connectivity index is 1.82. The molecule has 0 spiro atoms. The summed E-state index contributed by atoms with van der Waals surface area (Å²) in [5.74, 6) is 1.60. The van der Waals surface area contributed by atoms with Crippen molar-refractivity contribution in [2.45, 2.75) is 45.7 Å². The maximum Gasteiger partial charge on any atom is 0.0524 e. The molecule has 1 fully saturated rings. The number of aromatic nitrogens is 2. The van der Waals surface area contributed by atoms with Crippen molar-refractivity contribution in [2.75, 3.05) is 6.54 Å². The van der Waals surface area contributed by atoms with Crippen molar-refractivity contribution in [3.8, 4) is 0 Å². The van der Waals surface area contributed by atoms with Crippen LogP contribution in [-0.2, 0) is 6.54 Å². The fourth-order valence-electron chi connectivity index (χ4n) is 2.01. The molecule has 0 aliphatic heterocycles. The largest absolute Gasteiger partial charge is 0.314 e. The van der Waals surface area contributed by atoms with Crippen LogP contribution >= 0.6 is 0 Å². The fraction of sp³-hybridized carbons (Fsp3) is 0.750. The van der Waals surface area contributed by atoms with Crippen molar-refractivity contribution in [1.29, 1.82) is 0 Å². The van der Waals surface area contributed by atoms with Gasteiger partial charge in [0.15, 0.2) is 0 Å². The third-order valence-electron chi connectivity index (χ3n) is 3.12. The Morgan fingerprint density at radius 2 is 2.40 bits per heavy atom. The lowest BCUT2D eigenvalue weighted by Crippen LogP contribution is -2.25. The van der Waals surface area contributed by atoms with Crippen LogP contribution in [0.5, 0.6) is 0 Å². The van der Waals surface area contributed by atoms with Crippen LogP contribution in [-0.4, -0.2) is 22.4 Å². The number of nitrogens with zero attached hydrogens (tertiary/aromatic N) is 2. The normalized spacial score (nSPS) is 24.8. The van der Waals surface area contributed by atoms with Crippen molar-refractivity contribution in [1.82, 2.24) is 15.1 Å². The first-order chi connectivity index (χ1) is 7.20. The second-order valence-electron chi connectivity index (χ2n) is 4.79. The summed E-state index contributed by atoms with van der Waals surface area (Å²) in [5.41, 5.74) is 1.42. The second-order valence-corrected chi connectivity index (χ2v) is 4.79. The molecule has 1 aromatic heterocycles. The second kappa shape index (κ2) is 4.35. The van der Waals surface area contributed by atoms with E-state index in [1.807, 2.05) is 10.9 Å². The molecule has 0 bridgehead atoms. The molecule has 2 rings (SSSR count). The summed E-state index contributed by atoms with van der Waals surface area (Å²) >= 11 is 0. The Kier molecular flexibility index (Phi) is 3.10. The summed E-state index contributed by atoms with van der Waals surface area (Å²) in [6.45, 7) is 8.65. The van der Waals surface area contributed by atoms with Crippen LogP contribution in [0.15, 0.2) is 12.4 Å². The summed E-state index contributed by atoms with van der Waals surface area (Å²) in [6, 6.07) is 0.601. The van der Waals surface area contributed by atoms with Crippen LogP contribution in [0.3, 0.4) is 0 Å². The zero-order valence-electron chi connectivity index (χ0n) is 9.90. The number of hydrogen-bond donors (Lipinski definition) is 1. The van der Waals surface area contributed by atoms with Gasteiger partial charge in [0.25, 0.3) is 0 Å². The first-order valence-corrected chi connectivity index (χ1v) is 5.96. The topological polar surface area (TPSA) is 29.9 Å². The first-order valence-electron chi connectivity index (χ1n) is 5.96. The van der Waals surface area contributed by atoms with Crippen LogP contribution in [0.1, 0.15) is 38.7 Å². The molecule has 3 heteroatoms. The molecule has 0 amide bonds. The van der Waals surface area contributed by atoms with Crippen LogP contribution < -0.4 is 5.32 Å². The van der Waals surface area contributed by atoms with E-state index in [2.05, 4.69) is 37.4 Å². The Hall–Kier alpha value is -0.830. The Bertz CT molecular complexity index is 316. The smallest absolute Gasteiger partial charge is 0.0524 e. The number of rotatable bonds is 5. The van der Waals surface area contributed by atoms with Crippen molar-refractivity contribution < 1.29 is 0 Å². The Morgan fingerprint density at radius 3 is 3.00 bits per heavy atom. The van der Waals surface area contributed by atoms with Crippen LogP contribution in [0, 0.1) is 5.92 Å².